The van der Waals surface area contributed by atoms with Gasteiger partial charge in [-0.3, -0.25) is 4.79 Å². The van der Waals surface area contributed by atoms with E-state index < -0.39 is 0 Å². The van der Waals surface area contributed by atoms with Crippen molar-refractivity contribution in [2.45, 2.75) is 32.1 Å². The van der Waals surface area contributed by atoms with Crippen LogP contribution in [-0.2, 0) is 24.1 Å². The van der Waals surface area contributed by atoms with Gasteiger partial charge in [-0.25, -0.2) is 0 Å². The van der Waals surface area contributed by atoms with E-state index in [4.69, 9.17) is 0 Å². The lowest BCUT2D eigenvalue weighted by atomic mass is 10.0. The predicted octanol–water partition coefficient (Wildman–Crippen LogP) is 1.79. The summed E-state index contributed by atoms with van der Waals surface area (Å²) in [4.78, 5) is 14.0. The molecule has 0 heterocycles. The van der Waals surface area contributed by atoms with Gasteiger partial charge in [-0.2, -0.15) is 0 Å². The Morgan fingerprint density at radius 2 is 2.05 bits per heavy atom. The summed E-state index contributed by atoms with van der Waals surface area (Å²) < 4.78 is 0. The van der Waals surface area contributed by atoms with Gasteiger partial charge >= 0.3 is 0 Å². The first-order chi connectivity index (χ1) is 9.15. The summed E-state index contributed by atoms with van der Waals surface area (Å²) >= 11 is 0. The van der Waals surface area contributed by atoms with Gasteiger partial charge in [0.2, 0.25) is 5.91 Å². The van der Waals surface area contributed by atoms with Crippen LogP contribution in [0.4, 0.5) is 0 Å². The van der Waals surface area contributed by atoms with Crippen molar-refractivity contribution < 1.29 is 4.79 Å². The van der Waals surface area contributed by atoms with Crippen LogP contribution in [0.2, 0.25) is 0 Å². The lowest BCUT2D eigenvalue weighted by molar-refractivity contribution is -0.120. The van der Waals surface area contributed by atoms with Crippen LogP contribution in [0.1, 0.15) is 29.5 Å². The Hall–Kier alpha value is -1.35. The minimum atomic E-state index is 0.136. The molecule has 19 heavy (non-hydrogen) atoms. The van der Waals surface area contributed by atoms with Crippen LogP contribution >= 0.6 is 0 Å². The molecule has 0 saturated carbocycles. The zero-order valence-corrected chi connectivity index (χ0v) is 12.0. The number of hydrogen-bond donors (Lipinski definition) is 1. The molecule has 0 radical (unpaired) electrons. The predicted molar refractivity (Wildman–Crippen MR) is 78.4 cm³/mol. The summed E-state index contributed by atoms with van der Waals surface area (Å²) in [6, 6.07) is 6.50. The maximum absolute atomic E-state index is 11.8. The van der Waals surface area contributed by atoms with Crippen molar-refractivity contribution in [1.82, 2.24) is 10.2 Å². The molecule has 0 aromatic heterocycles. The largest absolute Gasteiger partial charge is 0.356 e. The summed E-state index contributed by atoms with van der Waals surface area (Å²) in [5, 5.41) is 2.99. The van der Waals surface area contributed by atoms with Crippen LogP contribution in [0.5, 0.6) is 0 Å². The molecule has 1 N–H and O–H groups in total. The summed E-state index contributed by atoms with van der Waals surface area (Å²) in [5.41, 5.74) is 4.05. The van der Waals surface area contributed by atoms with E-state index in [2.05, 4.69) is 28.4 Å². The molecule has 1 aliphatic rings. The number of rotatable bonds is 6. The summed E-state index contributed by atoms with van der Waals surface area (Å²) in [6.07, 6.45) is 5.15. The summed E-state index contributed by atoms with van der Waals surface area (Å²) in [7, 11) is 4.10. The van der Waals surface area contributed by atoms with Gasteiger partial charge < -0.3 is 10.2 Å². The molecule has 1 aromatic rings. The minimum Gasteiger partial charge on any atom is -0.356 e. The lowest BCUT2D eigenvalue weighted by Gasteiger charge is -2.10. The van der Waals surface area contributed by atoms with Crippen molar-refractivity contribution in [3.8, 4) is 0 Å². The molecule has 104 valence electrons. The monoisotopic (exact) mass is 260 g/mol. The Labute approximate surface area is 116 Å². The highest BCUT2D eigenvalue weighted by atomic mass is 16.1. The fourth-order valence-corrected chi connectivity index (χ4v) is 2.61. The van der Waals surface area contributed by atoms with Crippen LogP contribution < -0.4 is 5.32 Å². The topological polar surface area (TPSA) is 32.3 Å². The third-order valence-electron chi connectivity index (χ3n) is 3.63. The van der Waals surface area contributed by atoms with Crippen LogP contribution in [0, 0.1) is 0 Å². The van der Waals surface area contributed by atoms with Crippen molar-refractivity contribution in [2.24, 2.45) is 0 Å². The molecule has 0 saturated heterocycles. The zero-order chi connectivity index (χ0) is 13.7. The maximum Gasteiger partial charge on any atom is 0.224 e. The lowest BCUT2D eigenvalue weighted by Crippen LogP contribution is -2.28. The molecule has 0 aliphatic heterocycles. The van der Waals surface area contributed by atoms with Crippen LogP contribution in [-0.4, -0.2) is 38.0 Å². The molecule has 3 heteroatoms. The molecule has 0 bridgehead atoms. The van der Waals surface area contributed by atoms with Gasteiger partial charge in [0.25, 0.3) is 0 Å². The van der Waals surface area contributed by atoms with Gasteiger partial charge in [0.1, 0.15) is 0 Å². The van der Waals surface area contributed by atoms with Gasteiger partial charge in [0.15, 0.2) is 0 Å². The first-order valence-corrected chi connectivity index (χ1v) is 7.17. The van der Waals surface area contributed by atoms with E-state index in [1.54, 1.807) is 0 Å². The van der Waals surface area contributed by atoms with Gasteiger partial charge in [-0.15, -0.1) is 0 Å². The molecule has 1 amide bonds. The van der Waals surface area contributed by atoms with E-state index in [0.717, 1.165) is 25.1 Å². The van der Waals surface area contributed by atoms with Crippen molar-refractivity contribution in [3.63, 3.8) is 0 Å². The normalized spacial score (nSPS) is 13.6. The number of aryl methyl sites for hydroxylation is 2. The Morgan fingerprint density at radius 1 is 1.26 bits per heavy atom. The third kappa shape index (κ3) is 4.35. The molecule has 2 rings (SSSR count). The van der Waals surface area contributed by atoms with Gasteiger partial charge in [-0.05, 0) is 63.0 Å². The van der Waals surface area contributed by atoms with E-state index >= 15 is 0 Å². The fraction of sp³-hybridized carbons (Fsp3) is 0.562. The first-order valence-electron chi connectivity index (χ1n) is 7.17. The number of benzene rings is 1. The number of hydrogen-bond acceptors (Lipinski definition) is 2. The molecule has 0 unspecified atom stereocenters. The Bertz CT molecular complexity index is 440. The molecular formula is C16H24N2O. The van der Waals surface area contributed by atoms with Crippen LogP contribution in [0.15, 0.2) is 18.2 Å². The van der Waals surface area contributed by atoms with Crippen molar-refractivity contribution in [3.05, 3.63) is 34.9 Å². The fourth-order valence-electron chi connectivity index (χ4n) is 2.61. The Morgan fingerprint density at radius 3 is 2.84 bits per heavy atom. The molecule has 3 nitrogen and oxygen atoms in total. The van der Waals surface area contributed by atoms with E-state index in [-0.39, 0.29) is 5.91 Å². The molecule has 0 spiro atoms. The van der Waals surface area contributed by atoms with E-state index in [0.29, 0.717) is 6.42 Å². The average Bonchev–Trinajstić information content (AvgIpc) is 2.82. The first kappa shape index (κ1) is 14.1. The van der Waals surface area contributed by atoms with Crippen LogP contribution in [0.3, 0.4) is 0 Å². The van der Waals surface area contributed by atoms with Gasteiger partial charge in [-0.1, -0.05) is 18.2 Å². The highest BCUT2D eigenvalue weighted by molar-refractivity contribution is 5.78. The second-order valence-electron chi connectivity index (χ2n) is 5.64. The quantitative estimate of drug-likeness (QED) is 0.791. The minimum absolute atomic E-state index is 0.136. The zero-order valence-electron chi connectivity index (χ0n) is 12.0. The van der Waals surface area contributed by atoms with Crippen LogP contribution in [0.25, 0.3) is 0 Å². The molecule has 1 aromatic carbocycles. The second-order valence-corrected chi connectivity index (χ2v) is 5.64. The smallest absolute Gasteiger partial charge is 0.224 e. The number of carbonyl (C=O) groups is 1. The Kier molecular flexibility index (Phi) is 4.97. The van der Waals surface area contributed by atoms with Crippen molar-refractivity contribution >= 4 is 5.91 Å². The second kappa shape index (κ2) is 6.71. The number of nitrogens with zero attached hydrogens (tertiary/aromatic N) is 1. The molecule has 0 atom stereocenters. The molecule has 1 aliphatic carbocycles. The number of amides is 1. The highest BCUT2D eigenvalue weighted by Gasteiger charge is 2.11. The van der Waals surface area contributed by atoms with Gasteiger partial charge in [0.05, 0.1) is 6.42 Å². The van der Waals surface area contributed by atoms with E-state index in [1.807, 2.05) is 14.1 Å². The van der Waals surface area contributed by atoms with Crippen molar-refractivity contribution in [2.75, 3.05) is 27.2 Å². The summed E-state index contributed by atoms with van der Waals surface area (Å²) in [5.74, 6) is 0.136. The summed E-state index contributed by atoms with van der Waals surface area (Å²) in [6.45, 7) is 1.78. The molecular weight excluding hydrogens is 236 g/mol. The number of fused-ring (bicyclic) bond motifs is 1. The standard InChI is InChI=1S/C16H24N2O/c1-18(2)10-4-9-17-16(19)12-13-7-8-14-5-3-6-15(14)11-13/h7-8,11H,3-6,9-10,12H2,1-2H3,(H,17,19). The SMILES string of the molecule is CN(C)CCCNC(=O)Cc1ccc2c(c1)CCC2. The van der Waals surface area contributed by atoms with Crippen molar-refractivity contribution in [1.29, 1.82) is 0 Å². The highest BCUT2D eigenvalue weighted by Crippen LogP contribution is 2.22. The molecule has 0 fully saturated rings. The average molecular weight is 260 g/mol. The number of carbonyl (C=O) groups excluding carboxylic acids is 1. The maximum atomic E-state index is 11.8. The van der Waals surface area contributed by atoms with E-state index in [1.165, 1.54) is 30.4 Å². The number of nitrogens with one attached hydrogen (secondary N) is 1. The third-order valence-corrected chi connectivity index (χ3v) is 3.63. The van der Waals surface area contributed by atoms with Gasteiger partial charge in [0, 0.05) is 6.54 Å². The Balaban J connectivity index is 1.76. The van der Waals surface area contributed by atoms with E-state index in [9.17, 15) is 4.79 Å².